The summed E-state index contributed by atoms with van der Waals surface area (Å²) in [6.07, 6.45) is 1.75. The van der Waals surface area contributed by atoms with Gasteiger partial charge in [0.2, 0.25) is 0 Å². The van der Waals surface area contributed by atoms with Crippen LogP contribution in [0.2, 0.25) is 5.02 Å². The van der Waals surface area contributed by atoms with Crippen LogP contribution in [0.3, 0.4) is 0 Å². The van der Waals surface area contributed by atoms with Gasteiger partial charge in [-0.3, -0.25) is 9.59 Å². The Balaban J connectivity index is 1.98. The van der Waals surface area contributed by atoms with Gasteiger partial charge in [0.1, 0.15) is 5.69 Å². The molecule has 0 radical (unpaired) electrons. The Labute approximate surface area is 188 Å². The molecular weight excluding hydrogens is 416 g/mol. The van der Waals surface area contributed by atoms with Crippen LogP contribution in [0, 0.1) is 13.8 Å². The lowest BCUT2D eigenvalue weighted by Gasteiger charge is -2.29. The van der Waals surface area contributed by atoms with Crippen molar-refractivity contribution in [3.63, 3.8) is 0 Å². The molecule has 1 atom stereocenters. The highest BCUT2D eigenvalue weighted by Crippen LogP contribution is 2.33. The van der Waals surface area contributed by atoms with Crippen molar-refractivity contribution >= 4 is 29.3 Å². The first-order valence-corrected chi connectivity index (χ1v) is 11.1. The molecule has 0 bridgehead atoms. The molecule has 1 aliphatic rings. The Hall–Kier alpha value is -2.60. The van der Waals surface area contributed by atoms with Gasteiger partial charge in [-0.05, 0) is 77.3 Å². The average Bonchev–Trinajstić information content (AvgIpc) is 3.53. The molecule has 1 amide bonds. The zero-order valence-electron chi connectivity index (χ0n) is 18.7. The Morgan fingerprint density at radius 2 is 1.77 bits per heavy atom. The zero-order chi connectivity index (χ0) is 22.9. The van der Waals surface area contributed by atoms with Gasteiger partial charge in [-0.15, -0.1) is 0 Å². The first kappa shape index (κ1) is 23.1. The van der Waals surface area contributed by atoms with Crippen LogP contribution in [0.1, 0.15) is 76.1 Å². The standard InChI is InChI=1S/C24H29ClN2O4/c1-6-26-15(4)20(14(3)21(26)24(30)31-7-2)22(28)16(5)27(19-12-13-19)23(29)17-8-10-18(25)11-9-17/h8-11,16,19H,6-7,12-13H2,1-5H3/t16-/m1/s1. The van der Waals surface area contributed by atoms with Crippen LogP contribution in [0.5, 0.6) is 0 Å². The summed E-state index contributed by atoms with van der Waals surface area (Å²) < 4.78 is 7.03. The van der Waals surface area contributed by atoms with Crippen molar-refractivity contribution in [3.8, 4) is 0 Å². The lowest BCUT2D eigenvalue weighted by Crippen LogP contribution is -2.45. The molecule has 1 aromatic heterocycles. The summed E-state index contributed by atoms with van der Waals surface area (Å²) in [5.74, 6) is -0.786. The molecule has 31 heavy (non-hydrogen) atoms. The highest BCUT2D eigenvalue weighted by molar-refractivity contribution is 6.30. The van der Waals surface area contributed by atoms with Crippen LogP contribution >= 0.6 is 11.6 Å². The molecule has 0 spiro atoms. The monoisotopic (exact) mass is 444 g/mol. The summed E-state index contributed by atoms with van der Waals surface area (Å²) in [6.45, 7) is 9.85. The van der Waals surface area contributed by atoms with E-state index in [4.69, 9.17) is 16.3 Å². The second-order valence-electron chi connectivity index (χ2n) is 7.89. The van der Waals surface area contributed by atoms with Gasteiger partial charge in [0.05, 0.1) is 12.6 Å². The van der Waals surface area contributed by atoms with Crippen molar-refractivity contribution in [2.75, 3.05) is 6.61 Å². The molecule has 6 nitrogen and oxygen atoms in total. The normalized spacial score (nSPS) is 14.3. The van der Waals surface area contributed by atoms with Crippen molar-refractivity contribution < 1.29 is 19.1 Å². The van der Waals surface area contributed by atoms with E-state index in [1.165, 1.54) is 0 Å². The fraction of sp³-hybridized carbons (Fsp3) is 0.458. The fourth-order valence-corrected chi connectivity index (χ4v) is 4.33. The quantitative estimate of drug-likeness (QED) is 0.432. The van der Waals surface area contributed by atoms with Crippen molar-refractivity contribution in [1.29, 1.82) is 0 Å². The van der Waals surface area contributed by atoms with Gasteiger partial charge in [0.15, 0.2) is 5.78 Å². The largest absolute Gasteiger partial charge is 0.461 e. The maximum Gasteiger partial charge on any atom is 0.355 e. The first-order valence-electron chi connectivity index (χ1n) is 10.7. The number of benzene rings is 1. The third kappa shape index (κ3) is 4.40. The van der Waals surface area contributed by atoms with E-state index in [1.807, 2.05) is 18.4 Å². The fourth-order valence-electron chi connectivity index (χ4n) is 4.20. The average molecular weight is 445 g/mol. The van der Waals surface area contributed by atoms with Crippen LogP contribution in [0.25, 0.3) is 0 Å². The number of amides is 1. The van der Waals surface area contributed by atoms with Crippen molar-refractivity contribution in [1.82, 2.24) is 9.47 Å². The SMILES string of the molecule is CCOC(=O)c1c(C)c(C(=O)[C@@H](C)N(C(=O)c2ccc(Cl)cc2)C2CC2)c(C)n1CC. The van der Waals surface area contributed by atoms with Gasteiger partial charge < -0.3 is 14.2 Å². The first-order chi connectivity index (χ1) is 14.7. The van der Waals surface area contributed by atoms with Gasteiger partial charge in [-0.1, -0.05) is 11.6 Å². The molecule has 2 aromatic rings. The van der Waals surface area contributed by atoms with Crippen molar-refractivity contribution in [2.24, 2.45) is 0 Å². The summed E-state index contributed by atoms with van der Waals surface area (Å²) in [5.41, 5.74) is 2.72. The molecular formula is C24H29ClN2O4. The van der Waals surface area contributed by atoms with E-state index in [2.05, 4.69) is 0 Å². The second kappa shape index (κ2) is 9.27. The van der Waals surface area contributed by atoms with Crippen LogP contribution in [0.15, 0.2) is 24.3 Å². The number of ether oxygens (including phenoxy) is 1. The Kier molecular flexibility index (Phi) is 6.90. The predicted octanol–water partition coefficient (Wildman–Crippen LogP) is 4.83. The zero-order valence-corrected chi connectivity index (χ0v) is 19.5. The minimum atomic E-state index is -0.657. The molecule has 1 fully saturated rings. The summed E-state index contributed by atoms with van der Waals surface area (Å²) in [7, 11) is 0. The summed E-state index contributed by atoms with van der Waals surface area (Å²) in [5, 5.41) is 0.553. The second-order valence-corrected chi connectivity index (χ2v) is 8.33. The number of rotatable bonds is 8. The number of ketones is 1. The van der Waals surface area contributed by atoms with Gasteiger partial charge in [-0.25, -0.2) is 4.79 Å². The molecule has 1 saturated carbocycles. The van der Waals surface area contributed by atoms with Crippen LogP contribution in [-0.4, -0.2) is 45.8 Å². The van der Waals surface area contributed by atoms with E-state index in [1.54, 1.807) is 49.9 Å². The number of nitrogens with zero attached hydrogens (tertiary/aromatic N) is 2. The molecule has 0 N–H and O–H groups in total. The number of hydrogen-bond donors (Lipinski definition) is 0. The number of aromatic nitrogens is 1. The molecule has 0 aliphatic heterocycles. The molecule has 3 rings (SSSR count). The van der Waals surface area contributed by atoms with Crippen LogP contribution < -0.4 is 0 Å². The van der Waals surface area contributed by atoms with Gasteiger partial charge in [-0.2, -0.15) is 0 Å². The van der Waals surface area contributed by atoms with E-state index in [0.29, 0.717) is 34.0 Å². The van der Waals surface area contributed by atoms with E-state index >= 15 is 0 Å². The van der Waals surface area contributed by atoms with Gasteiger partial charge in [0, 0.05) is 34.4 Å². The molecule has 1 heterocycles. The highest BCUT2D eigenvalue weighted by Gasteiger charge is 2.40. The topological polar surface area (TPSA) is 68.6 Å². The van der Waals surface area contributed by atoms with E-state index in [9.17, 15) is 14.4 Å². The number of Topliss-reactive ketones (excluding diaryl/α,β-unsaturated/α-hetero) is 1. The molecule has 166 valence electrons. The van der Waals surface area contributed by atoms with Gasteiger partial charge >= 0.3 is 5.97 Å². The number of esters is 1. The molecule has 1 aliphatic carbocycles. The van der Waals surface area contributed by atoms with Crippen LogP contribution in [0.4, 0.5) is 0 Å². The minimum absolute atomic E-state index is 0.0422. The lowest BCUT2D eigenvalue weighted by molar-refractivity contribution is 0.0512. The summed E-state index contributed by atoms with van der Waals surface area (Å²) in [4.78, 5) is 41.1. The molecule has 1 aromatic carbocycles. The summed E-state index contributed by atoms with van der Waals surface area (Å²) >= 11 is 5.96. The maximum absolute atomic E-state index is 13.6. The Morgan fingerprint density at radius 3 is 2.29 bits per heavy atom. The van der Waals surface area contributed by atoms with E-state index in [0.717, 1.165) is 18.5 Å². The van der Waals surface area contributed by atoms with Crippen molar-refractivity contribution in [2.45, 2.75) is 66.1 Å². The summed E-state index contributed by atoms with van der Waals surface area (Å²) in [6, 6.07) is 6.10. The number of carbonyl (C=O) groups is 3. The van der Waals surface area contributed by atoms with Gasteiger partial charge in [0.25, 0.3) is 5.91 Å². The third-order valence-electron chi connectivity index (χ3n) is 5.86. The number of halogens is 1. The lowest BCUT2D eigenvalue weighted by atomic mass is 9.99. The predicted molar refractivity (Wildman–Crippen MR) is 120 cm³/mol. The Morgan fingerprint density at radius 1 is 1.16 bits per heavy atom. The minimum Gasteiger partial charge on any atom is -0.461 e. The van der Waals surface area contributed by atoms with E-state index in [-0.39, 0.29) is 24.3 Å². The maximum atomic E-state index is 13.6. The van der Waals surface area contributed by atoms with Crippen molar-refractivity contribution in [3.05, 3.63) is 57.4 Å². The Bertz CT molecular complexity index is 1010. The molecule has 0 unspecified atom stereocenters. The third-order valence-corrected chi connectivity index (χ3v) is 6.11. The smallest absolute Gasteiger partial charge is 0.355 e. The molecule has 7 heteroatoms. The van der Waals surface area contributed by atoms with E-state index < -0.39 is 12.0 Å². The van der Waals surface area contributed by atoms with Crippen LogP contribution in [-0.2, 0) is 11.3 Å². The molecule has 0 saturated heterocycles. The highest BCUT2D eigenvalue weighted by atomic mass is 35.5. The number of carbonyl (C=O) groups excluding carboxylic acids is 3. The number of hydrogen-bond acceptors (Lipinski definition) is 4.